The molecular formula is C13H14ClNO2S. The topological polar surface area (TPSA) is 57.9 Å². The fourth-order valence-corrected chi connectivity index (χ4v) is 2.91. The molecule has 1 aromatic carbocycles. The molecule has 0 radical (unpaired) electrons. The molecule has 18 heavy (non-hydrogen) atoms. The molecule has 0 N–H and O–H groups in total. The standard InChI is InChI=1S/C13H14ClNO2S/c1-10-3-4-12(7-13(10)8-15)9-18(16,17)6-5-11(2)14/h3-5,7H,6,9H2,1-2H3/b11-5-. The van der Waals surface area contributed by atoms with Crippen LogP contribution < -0.4 is 0 Å². The second-order valence-corrected chi connectivity index (χ2v) is 6.81. The van der Waals surface area contributed by atoms with Crippen molar-refractivity contribution in [2.45, 2.75) is 19.6 Å². The zero-order valence-electron chi connectivity index (χ0n) is 10.3. The van der Waals surface area contributed by atoms with E-state index in [0.717, 1.165) is 5.56 Å². The van der Waals surface area contributed by atoms with Crippen LogP contribution in [0.1, 0.15) is 23.6 Å². The number of allylic oxidation sites excluding steroid dienone is 1. The molecule has 0 amide bonds. The van der Waals surface area contributed by atoms with Gasteiger partial charge in [-0.3, -0.25) is 0 Å². The minimum atomic E-state index is -3.24. The van der Waals surface area contributed by atoms with Gasteiger partial charge >= 0.3 is 0 Å². The molecule has 0 saturated heterocycles. The zero-order valence-corrected chi connectivity index (χ0v) is 11.8. The molecule has 5 heteroatoms. The fraction of sp³-hybridized carbons (Fsp3) is 0.308. The number of hydrogen-bond donors (Lipinski definition) is 0. The summed E-state index contributed by atoms with van der Waals surface area (Å²) in [6, 6.07) is 7.14. The van der Waals surface area contributed by atoms with Gasteiger partial charge in [0.2, 0.25) is 0 Å². The molecule has 96 valence electrons. The molecule has 0 atom stereocenters. The predicted octanol–water partition coefficient (Wildman–Crippen LogP) is 2.92. The van der Waals surface area contributed by atoms with Crippen LogP contribution in [0.4, 0.5) is 0 Å². The van der Waals surface area contributed by atoms with Crippen LogP contribution in [0.25, 0.3) is 0 Å². The van der Waals surface area contributed by atoms with Crippen molar-refractivity contribution in [3.8, 4) is 6.07 Å². The zero-order chi connectivity index (χ0) is 13.8. The summed E-state index contributed by atoms with van der Waals surface area (Å²) in [5.74, 6) is -0.166. The van der Waals surface area contributed by atoms with Gasteiger partial charge in [-0.2, -0.15) is 5.26 Å². The molecule has 1 rings (SSSR count). The van der Waals surface area contributed by atoms with E-state index < -0.39 is 9.84 Å². The lowest BCUT2D eigenvalue weighted by Crippen LogP contribution is -2.08. The molecular weight excluding hydrogens is 270 g/mol. The minimum Gasteiger partial charge on any atom is -0.228 e. The SMILES string of the molecule is C/C(Cl)=C/CS(=O)(=O)Cc1ccc(C)c(C#N)c1. The average Bonchev–Trinajstić information content (AvgIpc) is 2.29. The lowest BCUT2D eigenvalue weighted by atomic mass is 10.1. The second-order valence-electron chi connectivity index (χ2n) is 4.11. The van der Waals surface area contributed by atoms with E-state index in [0.29, 0.717) is 16.2 Å². The van der Waals surface area contributed by atoms with E-state index >= 15 is 0 Å². The molecule has 0 bridgehead atoms. The van der Waals surface area contributed by atoms with Gasteiger partial charge in [0.05, 0.1) is 23.1 Å². The van der Waals surface area contributed by atoms with E-state index in [9.17, 15) is 8.42 Å². The van der Waals surface area contributed by atoms with Crippen molar-refractivity contribution in [1.82, 2.24) is 0 Å². The predicted molar refractivity (Wildman–Crippen MR) is 73.0 cm³/mol. The van der Waals surface area contributed by atoms with Crippen LogP contribution in [-0.2, 0) is 15.6 Å². The first-order valence-corrected chi connectivity index (χ1v) is 7.56. The highest BCUT2D eigenvalue weighted by Gasteiger charge is 2.11. The Labute approximate surface area is 113 Å². The molecule has 1 aromatic rings. The minimum absolute atomic E-state index is 0.0807. The molecule has 0 heterocycles. The van der Waals surface area contributed by atoms with E-state index in [1.165, 1.54) is 6.08 Å². The van der Waals surface area contributed by atoms with Crippen LogP contribution in [0.2, 0.25) is 0 Å². The van der Waals surface area contributed by atoms with E-state index in [1.54, 1.807) is 25.1 Å². The Bertz CT molecular complexity index is 608. The summed E-state index contributed by atoms with van der Waals surface area (Å²) in [6.07, 6.45) is 1.47. The highest BCUT2D eigenvalue weighted by Crippen LogP contribution is 2.13. The molecule has 3 nitrogen and oxygen atoms in total. The van der Waals surface area contributed by atoms with Crippen molar-refractivity contribution in [3.05, 3.63) is 46.0 Å². The Kier molecular flexibility index (Phi) is 4.94. The fourth-order valence-electron chi connectivity index (χ4n) is 1.43. The van der Waals surface area contributed by atoms with E-state index in [4.69, 9.17) is 16.9 Å². The number of nitriles is 1. The maximum atomic E-state index is 11.8. The maximum Gasteiger partial charge on any atom is 0.158 e. The Hall–Kier alpha value is -1.31. The highest BCUT2D eigenvalue weighted by molar-refractivity contribution is 7.90. The van der Waals surface area contributed by atoms with Gasteiger partial charge in [0.1, 0.15) is 0 Å². The van der Waals surface area contributed by atoms with E-state index in [2.05, 4.69) is 0 Å². The molecule has 0 saturated carbocycles. The number of aryl methyl sites for hydroxylation is 1. The number of sulfone groups is 1. The summed E-state index contributed by atoms with van der Waals surface area (Å²) in [5.41, 5.74) is 1.97. The Morgan fingerprint density at radius 1 is 1.50 bits per heavy atom. The first-order valence-electron chi connectivity index (χ1n) is 5.36. The van der Waals surface area contributed by atoms with E-state index in [-0.39, 0.29) is 11.5 Å². The summed E-state index contributed by atoms with van der Waals surface area (Å²) in [4.78, 5) is 0. The normalized spacial score (nSPS) is 12.2. The average molecular weight is 284 g/mol. The van der Waals surface area contributed by atoms with Gasteiger partial charge in [-0.1, -0.05) is 29.8 Å². The van der Waals surface area contributed by atoms with Gasteiger partial charge in [0, 0.05) is 5.03 Å². The highest BCUT2D eigenvalue weighted by atomic mass is 35.5. The van der Waals surface area contributed by atoms with Crippen molar-refractivity contribution >= 4 is 21.4 Å². The van der Waals surface area contributed by atoms with Gasteiger partial charge in [-0.25, -0.2) is 8.42 Å². The van der Waals surface area contributed by atoms with Crippen LogP contribution in [0.15, 0.2) is 29.3 Å². The third kappa shape index (κ3) is 4.52. The third-order valence-corrected chi connectivity index (χ3v) is 4.03. The quantitative estimate of drug-likeness (QED) is 0.854. The van der Waals surface area contributed by atoms with Crippen LogP contribution in [0, 0.1) is 18.3 Å². The molecule has 0 fully saturated rings. The summed E-state index contributed by atoms with van der Waals surface area (Å²) >= 11 is 5.61. The summed E-state index contributed by atoms with van der Waals surface area (Å²) < 4.78 is 23.6. The first-order chi connectivity index (χ1) is 8.34. The largest absolute Gasteiger partial charge is 0.228 e. The third-order valence-electron chi connectivity index (χ3n) is 2.43. The number of halogens is 1. The van der Waals surface area contributed by atoms with E-state index in [1.807, 2.05) is 13.0 Å². The molecule has 0 aliphatic rings. The molecule has 0 spiro atoms. The molecule has 0 aliphatic heterocycles. The molecule has 0 aromatic heterocycles. The summed E-state index contributed by atoms with van der Waals surface area (Å²) in [5, 5.41) is 9.35. The number of nitrogens with zero attached hydrogens (tertiary/aromatic N) is 1. The Morgan fingerprint density at radius 3 is 2.72 bits per heavy atom. The van der Waals surface area contributed by atoms with Crippen molar-refractivity contribution in [2.75, 3.05) is 5.75 Å². The molecule has 0 unspecified atom stereocenters. The van der Waals surface area contributed by atoms with Crippen molar-refractivity contribution in [1.29, 1.82) is 5.26 Å². The maximum absolute atomic E-state index is 11.8. The van der Waals surface area contributed by atoms with Gasteiger partial charge < -0.3 is 0 Å². The van der Waals surface area contributed by atoms with Crippen LogP contribution >= 0.6 is 11.6 Å². The second kappa shape index (κ2) is 6.03. The summed E-state index contributed by atoms with van der Waals surface area (Å²) in [6.45, 7) is 3.45. The monoisotopic (exact) mass is 283 g/mol. The van der Waals surface area contributed by atoms with Gasteiger partial charge in [0.25, 0.3) is 0 Å². The van der Waals surface area contributed by atoms with Gasteiger partial charge in [0.15, 0.2) is 9.84 Å². The van der Waals surface area contributed by atoms with Crippen molar-refractivity contribution in [3.63, 3.8) is 0 Å². The van der Waals surface area contributed by atoms with Crippen molar-refractivity contribution in [2.24, 2.45) is 0 Å². The van der Waals surface area contributed by atoms with Crippen LogP contribution in [0.3, 0.4) is 0 Å². The van der Waals surface area contributed by atoms with Crippen LogP contribution in [-0.4, -0.2) is 14.2 Å². The number of benzene rings is 1. The summed E-state index contributed by atoms with van der Waals surface area (Å²) in [7, 11) is -3.24. The molecule has 0 aliphatic carbocycles. The lowest BCUT2D eigenvalue weighted by Gasteiger charge is -2.04. The smallest absolute Gasteiger partial charge is 0.158 e. The Balaban J connectivity index is 2.92. The van der Waals surface area contributed by atoms with Crippen molar-refractivity contribution < 1.29 is 8.42 Å². The Morgan fingerprint density at radius 2 is 2.17 bits per heavy atom. The van der Waals surface area contributed by atoms with Gasteiger partial charge in [-0.05, 0) is 31.0 Å². The number of rotatable bonds is 4. The first kappa shape index (κ1) is 14.7. The van der Waals surface area contributed by atoms with Gasteiger partial charge in [-0.15, -0.1) is 0 Å². The number of hydrogen-bond acceptors (Lipinski definition) is 3. The van der Waals surface area contributed by atoms with Crippen LogP contribution in [0.5, 0.6) is 0 Å². The lowest BCUT2D eigenvalue weighted by molar-refractivity contribution is 0.598.